The van der Waals surface area contributed by atoms with Crippen LogP contribution in [0.3, 0.4) is 0 Å². The Balaban J connectivity index is 3.06. The molecule has 0 amide bonds. The molecule has 0 atom stereocenters. The molecule has 112 valence electrons. The van der Waals surface area contributed by atoms with E-state index in [1.165, 1.54) is 0 Å². The van der Waals surface area contributed by atoms with E-state index in [1.54, 1.807) is 12.1 Å². The molecule has 6 heteroatoms. The van der Waals surface area contributed by atoms with Crippen molar-refractivity contribution in [1.82, 2.24) is 0 Å². The van der Waals surface area contributed by atoms with Crippen LogP contribution in [0, 0.1) is 0 Å². The molecule has 1 N–H and O–H groups in total. The molecule has 0 bridgehead atoms. The van der Waals surface area contributed by atoms with Crippen LogP contribution in [-0.4, -0.2) is 32.3 Å². The van der Waals surface area contributed by atoms with Crippen molar-refractivity contribution in [1.29, 1.82) is 0 Å². The SMILES string of the molecule is CC(C)(C)c1ccc(N(CCC(=O)O)S(C)(=O)=O)cc1. The summed E-state index contributed by atoms with van der Waals surface area (Å²) in [6, 6.07) is 7.16. The first-order valence-electron chi connectivity index (χ1n) is 6.32. The van der Waals surface area contributed by atoms with E-state index in [2.05, 4.69) is 20.8 Å². The van der Waals surface area contributed by atoms with E-state index >= 15 is 0 Å². The summed E-state index contributed by atoms with van der Waals surface area (Å²) in [5, 5.41) is 8.70. The number of anilines is 1. The summed E-state index contributed by atoms with van der Waals surface area (Å²) in [6.07, 6.45) is 0.848. The highest BCUT2D eigenvalue weighted by molar-refractivity contribution is 7.92. The molecule has 0 aliphatic heterocycles. The molecule has 0 saturated carbocycles. The second-order valence-electron chi connectivity index (χ2n) is 5.78. The zero-order valence-corrected chi connectivity index (χ0v) is 13.1. The van der Waals surface area contributed by atoms with Gasteiger partial charge in [-0.15, -0.1) is 0 Å². The summed E-state index contributed by atoms with van der Waals surface area (Å²) in [5.74, 6) is -1.02. The molecule has 5 nitrogen and oxygen atoms in total. The molecule has 0 radical (unpaired) electrons. The maximum atomic E-state index is 11.8. The fraction of sp³-hybridized carbons (Fsp3) is 0.500. The Labute approximate surface area is 120 Å². The van der Waals surface area contributed by atoms with Gasteiger partial charge in [0, 0.05) is 6.54 Å². The van der Waals surface area contributed by atoms with Gasteiger partial charge in [0.15, 0.2) is 0 Å². The molecule has 0 aliphatic rings. The van der Waals surface area contributed by atoms with Gasteiger partial charge in [-0.2, -0.15) is 0 Å². The normalized spacial score (nSPS) is 12.2. The number of carboxylic acid groups (broad SMARTS) is 1. The van der Waals surface area contributed by atoms with Gasteiger partial charge >= 0.3 is 5.97 Å². The fourth-order valence-electron chi connectivity index (χ4n) is 1.81. The van der Waals surface area contributed by atoms with E-state index in [-0.39, 0.29) is 18.4 Å². The molecule has 20 heavy (non-hydrogen) atoms. The van der Waals surface area contributed by atoms with Crippen LogP contribution in [0.15, 0.2) is 24.3 Å². The van der Waals surface area contributed by atoms with Gasteiger partial charge in [-0.05, 0) is 23.1 Å². The maximum absolute atomic E-state index is 11.8. The summed E-state index contributed by atoms with van der Waals surface area (Å²) < 4.78 is 24.6. The molecule has 0 aromatic heterocycles. The van der Waals surface area contributed by atoms with Crippen LogP contribution in [0.5, 0.6) is 0 Å². The number of carbonyl (C=O) groups is 1. The van der Waals surface area contributed by atoms with Crippen LogP contribution in [0.25, 0.3) is 0 Å². The fourth-order valence-corrected chi connectivity index (χ4v) is 2.74. The second kappa shape index (κ2) is 5.83. The summed E-state index contributed by atoms with van der Waals surface area (Å²) in [4.78, 5) is 10.6. The minimum absolute atomic E-state index is 0.0183. The molecule has 0 unspecified atom stereocenters. The Morgan fingerprint density at radius 2 is 1.70 bits per heavy atom. The lowest BCUT2D eigenvalue weighted by molar-refractivity contribution is -0.136. The van der Waals surface area contributed by atoms with Gasteiger partial charge in [0.2, 0.25) is 10.0 Å². The zero-order chi connectivity index (χ0) is 15.6. The molecule has 1 aromatic carbocycles. The first-order chi connectivity index (χ1) is 9.01. The largest absolute Gasteiger partial charge is 0.481 e. The standard InChI is InChI=1S/C14H21NO4S/c1-14(2,3)11-5-7-12(8-6-11)15(20(4,18)19)10-9-13(16)17/h5-8H,9-10H2,1-4H3,(H,16,17). The lowest BCUT2D eigenvalue weighted by Gasteiger charge is -2.24. The Bertz CT molecular complexity index is 570. The highest BCUT2D eigenvalue weighted by Gasteiger charge is 2.19. The van der Waals surface area contributed by atoms with Gasteiger partial charge in [-0.25, -0.2) is 8.42 Å². The first kappa shape index (κ1) is 16.5. The van der Waals surface area contributed by atoms with Crippen LogP contribution < -0.4 is 4.31 Å². The van der Waals surface area contributed by atoms with Crippen molar-refractivity contribution in [2.45, 2.75) is 32.6 Å². The molecule has 0 aliphatic carbocycles. The highest BCUT2D eigenvalue weighted by atomic mass is 32.2. The lowest BCUT2D eigenvalue weighted by Crippen LogP contribution is -2.32. The van der Waals surface area contributed by atoms with E-state index in [4.69, 9.17) is 5.11 Å². The van der Waals surface area contributed by atoms with Gasteiger partial charge in [-0.1, -0.05) is 32.9 Å². The van der Waals surface area contributed by atoms with Crippen LogP contribution in [0.1, 0.15) is 32.8 Å². The molecule has 0 spiro atoms. The van der Waals surface area contributed by atoms with Crippen LogP contribution in [-0.2, 0) is 20.2 Å². The summed E-state index contributed by atoms with van der Waals surface area (Å²) >= 11 is 0. The Kier molecular flexibility index (Phi) is 4.81. The van der Waals surface area contributed by atoms with Crippen molar-refractivity contribution in [3.05, 3.63) is 29.8 Å². The Morgan fingerprint density at radius 1 is 1.20 bits per heavy atom. The van der Waals surface area contributed by atoms with Crippen molar-refractivity contribution in [3.8, 4) is 0 Å². The molecule has 0 fully saturated rings. The first-order valence-corrected chi connectivity index (χ1v) is 8.16. The minimum atomic E-state index is -3.49. The predicted molar refractivity (Wildman–Crippen MR) is 79.6 cm³/mol. The third-order valence-corrected chi connectivity index (χ3v) is 4.14. The van der Waals surface area contributed by atoms with Crippen molar-refractivity contribution in [2.24, 2.45) is 0 Å². The van der Waals surface area contributed by atoms with E-state index in [0.717, 1.165) is 16.1 Å². The van der Waals surface area contributed by atoms with E-state index in [1.807, 2.05) is 12.1 Å². The molecule has 0 heterocycles. The molecule has 1 rings (SSSR count). The maximum Gasteiger partial charge on any atom is 0.305 e. The monoisotopic (exact) mass is 299 g/mol. The molecular weight excluding hydrogens is 278 g/mol. The third-order valence-electron chi connectivity index (χ3n) is 2.95. The number of carboxylic acids is 1. The second-order valence-corrected chi connectivity index (χ2v) is 7.68. The average Bonchev–Trinajstić information content (AvgIpc) is 2.26. The number of hydrogen-bond acceptors (Lipinski definition) is 3. The topological polar surface area (TPSA) is 74.7 Å². The smallest absolute Gasteiger partial charge is 0.305 e. The number of rotatable bonds is 5. The van der Waals surface area contributed by atoms with Gasteiger partial charge < -0.3 is 5.11 Å². The summed E-state index contributed by atoms with van der Waals surface area (Å²) in [6.45, 7) is 6.14. The number of sulfonamides is 1. The van der Waals surface area contributed by atoms with Gasteiger partial charge in [0.1, 0.15) is 0 Å². The summed E-state index contributed by atoms with van der Waals surface area (Å²) in [5.41, 5.74) is 1.56. The third kappa shape index (κ3) is 4.52. The van der Waals surface area contributed by atoms with E-state index in [9.17, 15) is 13.2 Å². The number of hydrogen-bond donors (Lipinski definition) is 1. The molecular formula is C14H21NO4S. The highest BCUT2D eigenvalue weighted by Crippen LogP contribution is 2.25. The number of benzene rings is 1. The van der Waals surface area contributed by atoms with Crippen LogP contribution in [0.2, 0.25) is 0 Å². The van der Waals surface area contributed by atoms with E-state index in [0.29, 0.717) is 5.69 Å². The minimum Gasteiger partial charge on any atom is -0.481 e. The number of nitrogens with zero attached hydrogens (tertiary/aromatic N) is 1. The van der Waals surface area contributed by atoms with Crippen LogP contribution >= 0.6 is 0 Å². The quantitative estimate of drug-likeness (QED) is 0.904. The molecule has 0 saturated heterocycles. The Hall–Kier alpha value is -1.56. The van der Waals surface area contributed by atoms with Gasteiger partial charge in [0.25, 0.3) is 0 Å². The van der Waals surface area contributed by atoms with Crippen molar-refractivity contribution in [2.75, 3.05) is 17.1 Å². The predicted octanol–water partition coefficient (Wildman–Crippen LogP) is 2.22. The number of aliphatic carboxylic acids is 1. The van der Waals surface area contributed by atoms with Crippen molar-refractivity contribution in [3.63, 3.8) is 0 Å². The van der Waals surface area contributed by atoms with Gasteiger partial charge in [-0.3, -0.25) is 9.10 Å². The van der Waals surface area contributed by atoms with Crippen molar-refractivity contribution < 1.29 is 18.3 Å². The van der Waals surface area contributed by atoms with E-state index < -0.39 is 16.0 Å². The summed E-state index contributed by atoms with van der Waals surface area (Å²) in [7, 11) is -3.49. The van der Waals surface area contributed by atoms with Gasteiger partial charge in [0.05, 0.1) is 18.4 Å². The van der Waals surface area contributed by atoms with Crippen molar-refractivity contribution >= 4 is 21.7 Å². The zero-order valence-electron chi connectivity index (χ0n) is 12.3. The molecule has 1 aromatic rings. The lowest BCUT2D eigenvalue weighted by atomic mass is 9.87. The average molecular weight is 299 g/mol. The van der Waals surface area contributed by atoms with Crippen LogP contribution in [0.4, 0.5) is 5.69 Å². The Morgan fingerprint density at radius 3 is 2.05 bits per heavy atom.